The number of hydrogen-bond donors (Lipinski definition) is 1. The van der Waals surface area contributed by atoms with Crippen LogP contribution in [0.1, 0.15) is 62.3 Å². The van der Waals surface area contributed by atoms with Crippen molar-refractivity contribution >= 4 is 21.6 Å². The van der Waals surface area contributed by atoms with Crippen molar-refractivity contribution in [1.29, 1.82) is 0 Å². The molecule has 1 N–H and O–H groups in total. The number of fused-ring (bicyclic) bond motifs is 1. The van der Waals surface area contributed by atoms with Crippen LogP contribution in [0.3, 0.4) is 0 Å². The molecule has 39 heavy (non-hydrogen) atoms. The summed E-state index contributed by atoms with van der Waals surface area (Å²) in [6.45, 7) is 4.84. The topological polar surface area (TPSA) is 101 Å². The van der Waals surface area contributed by atoms with Gasteiger partial charge in [0, 0.05) is 30.1 Å². The maximum Gasteiger partial charge on any atom is 0.322 e. The molecule has 0 bridgehead atoms. The Bertz CT molecular complexity index is 1530. The number of amides is 2. The average Bonchev–Trinajstić information content (AvgIpc) is 3.88. The standard InChI is InChI=1S/C30H34N4O4S/c1-4-39(36,37)23-12-5-19(6-13-23)16-31-29(35)34-17-30(2,22-10-11-22)24-15-21(9-14-25(24)34)26-27(20-7-8-20)32-18-33-28(26)38-3/h5-6,9,12-15,18,20,22H,4,7-8,10-11,16-17H2,1-3H3,(H,31,35)/t30-/m1/s1. The first-order chi connectivity index (χ1) is 18.7. The molecule has 2 aliphatic carbocycles. The molecule has 3 aliphatic rings. The predicted octanol–water partition coefficient (Wildman–Crippen LogP) is 5.22. The fourth-order valence-corrected chi connectivity index (χ4v) is 6.75. The maximum absolute atomic E-state index is 13.5. The Balaban J connectivity index is 1.28. The fraction of sp³-hybridized carbons (Fsp3) is 0.433. The van der Waals surface area contributed by atoms with Crippen molar-refractivity contribution in [3.63, 3.8) is 0 Å². The van der Waals surface area contributed by atoms with Gasteiger partial charge in [-0.3, -0.25) is 4.90 Å². The number of hydrogen-bond acceptors (Lipinski definition) is 6. The van der Waals surface area contributed by atoms with Crippen molar-refractivity contribution in [1.82, 2.24) is 15.3 Å². The lowest BCUT2D eigenvalue weighted by Crippen LogP contribution is -2.42. The van der Waals surface area contributed by atoms with Gasteiger partial charge in [0.15, 0.2) is 9.84 Å². The monoisotopic (exact) mass is 546 g/mol. The van der Waals surface area contributed by atoms with E-state index in [1.165, 1.54) is 5.56 Å². The summed E-state index contributed by atoms with van der Waals surface area (Å²) in [4.78, 5) is 24.7. The van der Waals surface area contributed by atoms with E-state index in [1.54, 1.807) is 44.6 Å². The summed E-state index contributed by atoms with van der Waals surface area (Å²) in [6.07, 6.45) is 6.16. The number of urea groups is 1. The summed E-state index contributed by atoms with van der Waals surface area (Å²) < 4.78 is 29.9. The molecule has 1 aromatic heterocycles. The fourth-order valence-electron chi connectivity index (χ4n) is 5.86. The number of aromatic nitrogens is 2. The Hall–Kier alpha value is -3.46. The van der Waals surface area contributed by atoms with E-state index in [4.69, 9.17) is 4.74 Å². The molecule has 2 heterocycles. The van der Waals surface area contributed by atoms with Gasteiger partial charge in [0.2, 0.25) is 5.88 Å². The van der Waals surface area contributed by atoms with Crippen LogP contribution in [0.15, 0.2) is 53.7 Å². The molecule has 2 fully saturated rings. The van der Waals surface area contributed by atoms with Gasteiger partial charge < -0.3 is 10.1 Å². The van der Waals surface area contributed by atoms with Crippen molar-refractivity contribution in [2.24, 2.45) is 5.92 Å². The quantitative estimate of drug-likeness (QED) is 0.416. The summed E-state index contributed by atoms with van der Waals surface area (Å²) in [5, 5.41) is 3.05. The summed E-state index contributed by atoms with van der Waals surface area (Å²) in [5.41, 5.74) is 5.85. The van der Waals surface area contributed by atoms with E-state index in [2.05, 4.69) is 34.3 Å². The zero-order chi connectivity index (χ0) is 27.4. The van der Waals surface area contributed by atoms with Crippen LogP contribution in [-0.4, -0.2) is 43.8 Å². The molecule has 6 rings (SSSR count). The van der Waals surface area contributed by atoms with Crippen LogP contribution in [0.4, 0.5) is 10.5 Å². The second-order valence-corrected chi connectivity index (χ2v) is 13.4. The number of sulfone groups is 1. The number of benzene rings is 2. The largest absolute Gasteiger partial charge is 0.480 e. The van der Waals surface area contributed by atoms with E-state index in [-0.39, 0.29) is 17.2 Å². The predicted molar refractivity (Wildman–Crippen MR) is 150 cm³/mol. The molecule has 0 spiro atoms. The van der Waals surface area contributed by atoms with E-state index < -0.39 is 9.84 Å². The third-order valence-corrected chi connectivity index (χ3v) is 10.3. The van der Waals surface area contributed by atoms with Gasteiger partial charge in [0.05, 0.1) is 29.0 Å². The highest BCUT2D eigenvalue weighted by atomic mass is 32.2. The van der Waals surface area contributed by atoms with Crippen molar-refractivity contribution in [3.05, 3.63) is 65.6 Å². The van der Waals surface area contributed by atoms with Crippen LogP contribution in [0.5, 0.6) is 5.88 Å². The first-order valence-corrected chi connectivity index (χ1v) is 15.3. The van der Waals surface area contributed by atoms with E-state index in [0.717, 1.165) is 53.8 Å². The Morgan fingerprint density at radius 3 is 2.49 bits per heavy atom. The average molecular weight is 547 g/mol. The second kappa shape index (κ2) is 9.62. The van der Waals surface area contributed by atoms with Gasteiger partial charge in [0.25, 0.3) is 0 Å². The molecule has 2 aromatic carbocycles. The number of nitrogens with one attached hydrogen (secondary N) is 1. The van der Waals surface area contributed by atoms with Gasteiger partial charge in [-0.05, 0) is 72.6 Å². The lowest BCUT2D eigenvalue weighted by molar-refractivity contribution is 0.244. The first-order valence-electron chi connectivity index (χ1n) is 13.7. The van der Waals surface area contributed by atoms with Crippen molar-refractivity contribution < 1.29 is 17.9 Å². The Morgan fingerprint density at radius 1 is 1.10 bits per heavy atom. The molecule has 0 saturated heterocycles. The smallest absolute Gasteiger partial charge is 0.322 e. The number of nitrogens with zero attached hydrogens (tertiary/aromatic N) is 3. The minimum absolute atomic E-state index is 0.0604. The van der Waals surface area contributed by atoms with Crippen molar-refractivity contribution in [2.45, 2.75) is 62.3 Å². The summed E-state index contributed by atoms with van der Waals surface area (Å²) in [7, 11) is -1.61. The number of carbonyl (C=O) groups is 1. The van der Waals surface area contributed by atoms with Crippen LogP contribution in [0, 0.1) is 5.92 Å². The first kappa shape index (κ1) is 25.8. The van der Waals surface area contributed by atoms with E-state index in [1.807, 2.05) is 11.0 Å². The number of methoxy groups -OCH3 is 1. The lowest BCUT2D eigenvalue weighted by Gasteiger charge is -2.26. The molecule has 2 amide bonds. The highest BCUT2D eigenvalue weighted by Gasteiger charge is 2.50. The van der Waals surface area contributed by atoms with E-state index in [0.29, 0.717) is 35.7 Å². The number of carbonyl (C=O) groups excluding carboxylic acids is 1. The van der Waals surface area contributed by atoms with Gasteiger partial charge in [-0.2, -0.15) is 0 Å². The molecule has 204 valence electrons. The molecule has 1 aliphatic heterocycles. The van der Waals surface area contributed by atoms with Crippen molar-refractivity contribution in [3.8, 4) is 17.0 Å². The van der Waals surface area contributed by atoms with Crippen LogP contribution in [0.25, 0.3) is 11.1 Å². The van der Waals surface area contributed by atoms with Gasteiger partial charge in [-0.1, -0.05) is 32.0 Å². The molecule has 0 unspecified atom stereocenters. The van der Waals surface area contributed by atoms with Gasteiger partial charge in [-0.25, -0.2) is 23.2 Å². The molecule has 8 nitrogen and oxygen atoms in total. The zero-order valence-electron chi connectivity index (χ0n) is 22.6. The number of rotatable bonds is 8. The van der Waals surface area contributed by atoms with E-state index in [9.17, 15) is 13.2 Å². The molecule has 1 atom stereocenters. The Labute approximate surface area is 229 Å². The molecule has 0 radical (unpaired) electrons. The van der Waals surface area contributed by atoms with Crippen molar-refractivity contribution in [2.75, 3.05) is 24.3 Å². The molecular weight excluding hydrogens is 512 g/mol. The van der Waals surface area contributed by atoms with Gasteiger partial charge in [0.1, 0.15) is 6.33 Å². The summed E-state index contributed by atoms with van der Waals surface area (Å²) >= 11 is 0. The highest BCUT2D eigenvalue weighted by molar-refractivity contribution is 7.91. The lowest BCUT2D eigenvalue weighted by atomic mass is 9.79. The van der Waals surface area contributed by atoms with Crippen LogP contribution >= 0.6 is 0 Å². The minimum atomic E-state index is -3.25. The normalized spacial score (nSPS) is 20.5. The van der Waals surface area contributed by atoms with Gasteiger partial charge >= 0.3 is 6.03 Å². The summed E-state index contributed by atoms with van der Waals surface area (Å²) in [6, 6.07) is 12.9. The molecular formula is C30H34N4O4S. The third-order valence-electron chi connectivity index (χ3n) is 8.51. The Morgan fingerprint density at radius 2 is 1.85 bits per heavy atom. The minimum Gasteiger partial charge on any atom is -0.480 e. The number of anilines is 1. The maximum atomic E-state index is 13.5. The SMILES string of the molecule is CCS(=O)(=O)c1ccc(CNC(=O)N2C[C@](C)(C3CC3)c3cc(-c4c(OC)ncnc4C4CC4)ccc32)cc1. The molecule has 3 aromatic rings. The van der Waals surface area contributed by atoms with Crippen LogP contribution < -0.4 is 15.0 Å². The van der Waals surface area contributed by atoms with E-state index >= 15 is 0 Å². The van der Waals surface area contributed by atoms with Crippen LogP contribution in [0.2, 0.25) is 0 Å². The summed E-state index contributed by atoms with van der Waals surface area (Å²) in [5.74, 6) is 1.63. The zero-order valence-corrected chi connectivity index (χ0v) is 23.4. The molecule has 9 heteroatoms. The number of ether oxygens (including phenoxy) is 1. The van der Waals surface area contributed by atoms with Crippen LogP contribution in [-0.2, 0) is 21.8 Å². The third kappa shape index (κ3) is 4.67. The molecule has 2 saturated carbocycles. The second-order valence-electron chi connectivity index (χ2n) is 11.1. The van der Waals surface area contributed by atoms with Gasteiger partial charge in [-0.15, -0.1) is 0 Å². The highest BCUT2D eigenvalue weighted by Crippen LogP contribution is 2.55. The Kier molecular flexibility index (Phi) is 6.37.